The van der Waals surface area contributed by atoms with Gasteiger partial charge in [0.1, 0.15) is 0 Å². The largest absolute Gasteiger partial charge is 0.120 e. The summed E-state index contributed by atoms with van der Waals surface area (Å²) in [6.45, 7) is 2.31. The molecule has 108 valence electrons. The second kappa shape index (κ2) is 7.98. The lowest BCUT2D eigenvalue weighted by Crippen LogP contribution is -2.25. The third-order valence-corrected chi connectivity index (χ3v) is 5.78. The van der Waals surface area contributed by atoms with Crippen LogP contribution in [0.3, 0.4) is 0 Å². The summed E-state index contributed by atoms with van der Waals surface area (Å²) in [7, 11) is 0. The smallest absolute Gasteiger partial charge is 0.0200 e. The molecule has 0 spiro atoms. The molecule has 2 aliphatic carbocycles. The van der Waals surface area contributed by atoms with Crippen LogP contribution in [-0.2, 0) is 0 Å². The molecule has 2 fully saturated rings. The van der Waals surface area contributed by atoms with E-state index >= 15 is 0 Å². The van der Waals surface area contributed by atoms with Crippen LogP contribution in [0.25, 0.3) is 0 Å². The Kier molecular flexibility index (Phi) is 6.29. The summed E-state index contributed by atoms with van der Waals surface area (Å²) in [5, 5.41) is 0. The molecule has 0 aromatic carbocycles. The lowest BCUT2D eigenvalue weighted by Gasteiger charge is -2.37. The zero-order valence-corrected chi connectivity index (χ0v) is 12.9. The number of unbranched alkanes of at least 4 members (excludes halogenated alkanes) is 2. The molecule has 19 heavy (non-hydrogen) atoms. The molecule has 2 aliphatic rings. The van der Waals surface area contributed by atoms with Crippen LogP contribution in [0.2, 0.25) is 0 Å². The van der Waals surface area contributed by atoms with Crippen LogP contribution in [0.4, 0.5) is 0 Å². The standard InChI is InChI=1S/C19H32/c1-3-5-6-7-17-10-14-19(15-11-17)18-12-8-16(4-2)9-13-18/h2,16-19H,3,5-15H2,1H3/t16-,17-,18-,19-. The van der Waals surface area contributed by atoms with Gasteiger partial charge in [0.25, 0.3) is 0 Å². The summed E-state index contributed by atoms with van der Waals surface area (Å²) in [5.41, 5.74) is 0. The van der Waals surface area contributed by atoms with Crippen LogP contribution < -0.4 is 0 Å². The molecule has 0 nitrogen and oxygen atoms in total. The molecule has 0 saturated heterocycles. The van der Waals surface area contributed by atoms with Crippen molar-refractivity contribution in [3.8, 4) is 12.3 Å². The first-order valence-electron chi connectivity index (χ1n) is 8.79. The van der Waals surface area contributed by atoms with E-state index in [9.17, 15) is 0 Å². The molecule has 0 aromatic rings. The third kappa shape index (κ3) is 4.55. The minimum Gasteiger partial charge on any atom is -0.120 e. The lowest BCUT2D eigenvalue weighted by atomic mass is 9.69. The Morgan fingerprint density at radius 2 is 1.42 bits per heavy atom. The van der Waals surface area contributed by atoms with Gasteiger partial charge in [-0.1, -0.05) is 45.4 Å². The Morgan fingerprint density at radius 1 is 0.842 bits per heavy atom. The third-order valence-electron chi connectivity index (χ3n) is 5.78. The summed E-state index contributed by atoms with van der Waals surface area (Å²) in [5.74, 6) is 6.68. The van der Waals surface area contributed by atoms with Crippen molar-refractivity contribution in [2.75, 3.05) is 0 Å². The first kappa shape index (κ1) is 15.0. The van der Waals surface area contributed by atoms with Crippen molar-refractivity contribution in [1.29, 1.82) is 0 Å². The molecule has 0 aliphatic heterocycles. The molecule has 0 heterocycles. The first-order chi connectivity index (χ1) is 9.33. The van der Waals surface area contributed by atoms with Crippen LogP contribution in [0.1, 0.15) is 84.0 Å². The van der Waals surface area contributed by atoms with Crippen LogP contribution >= 0.6 is 0 Å². The quantitative estimate of drug-likeness (QED) is 0.432. The van der Waals surface area contributed by atoms with Gasteiger partial charge in [0.05, 0.1) is 0 Å². The van der Waals surface area contributed by atoms with Crippen LogP contribution in [0.5, 0.6) is 0 Å². The van der Waals surface area contributed by atoms with Crippen LogP contribution in [-0.4, -0.2) is 0 Å². The van der Waals surface area contributed by atoms with Gasteiger partial charge < -0.3 is 0 Å². The maximum atomic E-state index is 5.55. The predicted octanol–water partition coefficient (Wildman–Crippen LogP) is 5.81. The van der Waals surface area contributed by atoms with Crippen molar-refractivity contribution in [1.82, 2.24) is 0 Å². The van der Waals surface area contributed by atoms with E-state index in [1.54, 1.807) is 0 Å². The van der Waals surface area contributed by atoms with Gasteiger partial charge in [-0.2, -0.15) is 0 Å². The highest BCUT2D eigenvalue weighted by molar-refractivity contribution is 4.96. The zero-order chi connectivity index (χ0) is 13.5. The molecule has 0 heteroatoms. The summed E-state index contributed by atoms with van der Waals surface area (Å²) in [4.78, 5) is 0. The van der Waals surface area contributed by atoms with Crippen molar-refractivity contribution >= 4 is 0 Å². The van der Waals surface area contributed by atoms with Crippen molar-refractivity contribution in [2.24, 2.45) is 23.7 Å². The second-order valence-corrected chi connectivity index (χ2v) is 7.05. The highest BCUT2D eigenvalue weighted by Gasteiger charge is 2.30. The molecule has 0 unspecified atom stereocenters. The van der Waals surface area contributed by atoms with E-state index in [2.05, 4.69) is 12.8 Å². The molecular weight excluding hydrogens is 228 g/mol. The Labute approximate surface area is 120 Å². The number of hydrogen-bond acceptors (Lipinski definition) is 0. The van der Waals surface area contributed by atoms with Crippen LogP contribution in [0, 0.1) is 36.0 Å². The van der Waals surface area contributed by atoms with Gasteiger partial charge in [-0.05, 0) is 56.3 Å². The number of hydrogen-bond donors (Lipinski definition) is 0. The van der Waals surface area contributed by atoms with Crippen molar-refractivity contribution in [3.63, 3.8) is 0 Å². The van der Waals surface area contributed by atoms with E-state index in [0.29, 0.717) is 5.92 Å². The average molecular weight is 260 g/mol. The van der Waals surface area contributed by atoms with E-state index in [-0.39, 0.29) is 0 Å². The molecular formula is C19H32. The lowest BCUT2D eigenvalue weighted by molar-refractivity contribution is 0.153. The monoisotopic (exact) mass is 260 g/mol. The van der Waals surface area contributed by atoms with E-state index in [1.807, 2.05) is 0 Å². The molecule has 2 rings (SSSR count). The van der Waals surface area contributed by atoms with E-state index < -0.39 is 0 Å². The van der Waals surface area contributed by atoms with Gasteiger partial charge in [-0.15, -0.1) is 12.3 Å². The first-order valence-corrected chi connectivity index (χ1v) is 8.79. The SMILES string of the molecule is C#C[C@H]1CC[C@H]([C@H]2CC[C@H](CCCCC)CC2)CC1. The fourth-order valence-corrected chi connectivity index (χ4v) is 4.39. The maximum Gasteiger partial charge on any atom is 0.0200 e. The molecule has 0 N–H and O–H groups in total. The average Bonchev–Trinajstić information content (AvgIpc) is 2.48. The topological polar surface area (TPSA) is 0 Å². The van der Waals surface area contributed by atoms with E-state index in [4.69, 9.17) is 6.42 Å². The van der Waals surface area contributed by atoms with Gasteiger partial charge in [-0.25, -0.2) is 0 Å². The summed E-state index contributed by atoms with van der Waals surface area (Å²) in [6.07, 6.45) is 22.8. The minimum absolute atomic E-state index is 0.599. The summed E-state index contributed by atoms with van der Waals surface area (Å²) >= 11 is 0. The number of terminal acetylenes is 1. The Balaban J connectivity index is 1.65. The normalized spacial score (nSPS) is 35.8. The van der Waals surface area contributed by atoms with Crippen molar-refractivity contribution in [2.45, 2.75) is 84.0 Å². The fraction of sp³-hybridized carbons (Fsp3) is 0.895. The van der Waals surface area contributed by atoms with Crippen LogP contribution in [0.15, 0.2) is 0 Å². The van der Waals surface area contributed by atoms with E-state index in [1.165, 1.54) is 77.0 Å². The Bertz CT molecular complexity index is 269. The molecule has 0 radical (unpaired) electrons. The molecule has 0 bridgehead atoms. The predicted molar refractivity (Wildman–Crippen MR) is 83.9 cm³/mol. The van der Waals surface area contributed by atoms with Gasteiger partial charge in [0, 0.05) is 5.92 Å². The Hall–Kier alpha value is -0.440. The van der Waals surface area contributed by atoms with Crippen molar-refractivity contribution < 1.29 is 0 Å². The zero-order valence-electron chi connectivity index (χ0n) is 12.9. The maximum absolute atomic E-state index is 5.55. The molecule has 0 atom stereocenters. The molecule has 0 amide bonds. The Morgan fingerprint density at radius 3 is 1.95 bits per heavy atom. The molecule has 2 saturated carbocycles. The fourth-order valence-electron chi connectivity index (χ4n) is 4.39. The highest BCUT2D eigenvalue weighted by atomic mass is 14.3. The van der Waals surface area contributed by atoms with Gasteiger partial charge in [0.15, 0.2) is 0 Å². The summed E-state index contributed by atoms with van der Waals surface area (Å²) in [6, 6.07) is 0. The number of rotatable bonds is 5. The van der Waals surface area contributed by atoms with Crippen molar-refractivity contribution in [3.05, 3.63) is 0 Å². The minimum atomic E-state index is 0.599. The molecule has 0 aromatic heterocycles. The van der Waals surface area contributed by atoms with Gasteiger partial charge in [-0.3, -0.25) is 0 Å². The highest BCUT2D eigenvalue weighted by Crippen LogP contribution is 2.42. The van der Waals surface area contributed by atoms with E-state index in [0.717, 1.165) is 17.8 Å². The summed E-state index contributed by atoms with van der Waals surface area (Å²) < 4.78 is 0. The van der Waals surface area contributed by atoms with Gasteiger partial charge >= 0.3 is 0 Å². The van der Waals surface area contributed by atoms with Gasteiger partial charge in [0.2, 0.25) is 0 Å². The second-order valence-electron chi connectivity index (χ2n) is 7.05.